The van der Waals surface area contributed by atoms with Crippen molar-refractivity contribution in [2.45, 2.75) is 26.3 Å². The summed E-state index contributed by atoms with van der Waals surface area (Å²) in [6.07, 6.45) is 1.17. The van der Waals surface area contributed by atoms with Gasteiger partial charge in [-0.25, -0.2) is 18.8 Å². The van der Waals surface area contributed by atoms with E-state index >= 15 is 0 Å². The fraction of sp³-hybridized carbons (Fsp3) is 0.235. The van der Waals surface area contributed by atoms with Crippen molar-refractivity contribution in [3.05, 3.63) is 65.2 Å². The highest BCUT2D eigenvalue weighted by atomic mass is 19.1. The minimum absolute atomic E-state index is 0.383. The maximum Gasteiger partial charge on any atom is 0.277 e. The standard InChI is InChI=1S/C17H16F3N3O2/c1-17(2,3)23(16(25)10-6-5-9-21-14(10)20)22-15(24)13-11(18)7-4-8-12(13)19/h4-9H,1-3H3,(H,22,24). The first kappa shape index (κ1) is 18.4. The van der Waals surface area contributed by atoms with Gasteiger partial charge < -0.3 is 0 Å². The molecule has 1 heterocycles. The highest BCUT2D eigenvalue weighted by Gasteiger charge is 2.32. The zero-order valence-corrected chi connectivity index (χ0v) is 13.8. The quantitative estimate of drug-likeness (QED) is 0.668. The number of carbonyl (C=O) groups excluding carboxylic acids is 2. The second-order valence-electron chi connectivity index (χ2n) is 6.19. The van der Waals surface area contributed by atoms with Crippen LogP contribution in [0.25, 0.3) is 0 Å². The van der Waals surface area contributed by atoms with Gasteiger partial charge in [0.25, 0.3) is 11.8 Å². The molecular weight excluding hydrogens is 335 g/mol. The minimum atomic E-state index is -1.16. The van der Waals surface area contributed by atoms with Gasteiger partial charge in [0, 0.05) is 6.20 Å². The number of rotatable bonds is 2. The first-order valence-corrected chi connectivity index (χ1v) is 7.33. The Bertz CT molecular complexity index is 799. The Morgan fingerprint density at radius 1 is 1.04 bits per heavy atom. The Morgan fingerprint density at radius 3 is 2.16 bits per heavy atom. The maximum atomic E-state index is 13.8. The van der Waals surface area contributed by atoms with E-state index < -0.39 is 40.5 Å². The summed E-state index contributed by atoms with van der Waals surface area (Å²) < 4.78 is 41.3. The van der Waals surface area contributed by atoms with Crippen molar-refractivity contribution in [2.24, 2.45) is 0 Å². The van der Waals surface area contributed by atoms with Gasteiger partial charge in [-0.3, -0.25) is 15.0 Å². The van der Waals surface area contributed by atoms with Crippen LogP contribution < -0.4 is 5.43 Å². The molecule has 8 heteroatoms. The molecule has 0 spiro atoms. The van der Waals surface area contributed by atoms with Crippen molar-refractivity contribution in [1.29, 1.82) is 0 Å². The molecule has 0 radical (unpaired) electrons. The minimum Gasteiger partial charge on any atom is -0.267 e. The maximum absolute atomic E-state index is 13.8. The van der Waals surface area contributed by atoms with E-state index in [-0.39, 0.29) is 5.56 Å². The molecule has 132 valence electrons. The topological polar surface area (TPSA) is 62.3 Å². The molecule has 2 amide bonds. The Kier molecular flexibility index (Phi) is 5.10. The smallest absolute Gasteiger partial charge is 0.267 e. The summed E-state index contributed by atoms with van der Waals surface area (Å²) in [6.45, 7) is 4.70. The lowest BCUT2D eigenvalue weighted by Crippen LogP contribution is -2.56. The number of hydrogen-bond donors (Lipinski definition) is 1. The number of amides is 2. The van der Waals surface area contributed by atoms with Crippen LogP contribution >= 0.6 is 0 Å². The van der Waals surface area contributed by atoms with E-state index in [2.05, 4.69) is 10.4 Å². The number of hydrogen-bond acceptors (Lipinski definition) is 3. The molecule has 0 fully saturated rings. The first-order valence-electron chi connectivity index (χ1n) is 7.33. The molecule has 5 nitrogen and oxygen atoms in total. The Hall–Kier alpha value is -2.90. The van der Waals surface area contributed by atoms with Crippen molar-refractivity contribution >= 4 is 11.8 Å². The Morgan fingerprint density at radius 2 is 1.64 bits per heavy atom. The summed E-state index contributed by atoms with van der Waals surface area (Å²) in [7, 11) is 0. The molecule has 2 aromatic rings. The summed E-state index contributed by atoms with van der Waals surface area (Å²) in [4.78, 5) is 28.2. The second-order valence-corrected chi connectivity index (χ2v) is 6.19. The van der Waals surface area contributed by atoms with E-state index in [1.165, 1.54) is 18.3 Å². The molecule has 0 atom stereocenters. The average molecular weight is 351 g/mol. The highest BCUT2D eigenvalue weighted by molar-refractivity contribution is 5.99. The normalized spacial score (nSPS) is 11.1. The molecule has 0 aliphatic rings. The summed E-state index contributed by atoms with van der Waals surface area (Å²) in [5.74, 6) is -5.24. The van der Waals surface area contributed by atoms with Crippen molar-refractivity contribution in [1.82, 2.24) is 15.4 Å². The van der Waals surface area contributed by atoms with E-state index in [1.54, 1.807) is 20.8 Å². The van der Waals surface area contributed by atoms with Gasteiger partial charge in [0.05, 0.1) is 11.1 Å². The van der Waals surface area contributed by atoms with E-state index in [1.807, 2.05) is 0 Å². The zero-order valence-electron chi connectivity index (χ0n) is 13.8. The van der Waals surface area contributed by atoms with Crippen LogP contribution in [0, 0.1) is 17.6 Å². The van der Waals surface area contributed by atoms with Crippen molar-refractivity contribution in [2.75, 3.05) is 0 Å². The van der Waals surface area contributed by atoms with Crippen LogP contribution in [0.5, 0.6) is 0 Å². The zero-order chi connectivity index (χ0) is 18.8. The van der Waals surface area contributed by atoms with Gasteiger partial charge in [-0.1, -0.05) is 6.07 Å². The fourth-order valence-corrected chi connectivity index (χ4v) is 2.06. The molecular formula is C17H16F3N3O2. The van der Waals surface area contributed by atoms with Crippen LogP contribution in [-0.4, -0.2) is 27.3 Å². The number of halogens is 3. The van der Waals surface area contributed by atoms with Crippen LogP contribution in [0.1, 0.15) is 41.5 Å². The third-order valence-corrected chi connectivity index (χ3v) is 3.27. The molecule has 0 aliphatic carbocycles. The third kappa shape index (κ3) is 3.96. The van der Waals surface area contributed by atoms with Gasteiger partial charge in [0.15, 0.2) is 0 Å². The van der Waals surface area contributed by atoms with Gasteiger partial charge in [-0.05, 0) is 45.0 Å². The van der Waals surface area contributed by atoms with Gasteiger partial charge in [0.1, 0.15) is 17.2 Å². The summed E-state index contributed by atoms with van der Waals surface area (Å²) in [6, 6.07) is 5.50. The van der Waals surface area contributed by atoms with E-state index in [0.717, 1.165) is 23.2 Å². The predicted octanol–water partition coefficient (Wildman–Crippen LogP) is 3.08. The molecule has 1 aromatic heterocycles. The summed E-state index contributed by atoms with van der Waals surface area (Å²) in [5, 5.41) is 0.807. The summed E-state index contributed by atoms with van der Waals surface area (Å²) in [5.41, 5.74) is -0.0719. The number of aromatic nitrogens is 1. The van der Waals surface area contributed by atoms with Crippen LogP contribution in [-0.2, 0) is 0 Å². The number of nitrogens with one attached hydrogen (secondary N) is 1. The molecule has 25 heavy (non-hydrogen) atoms. The van der Waals surface area contributed by atoms with Crippen LogP contribution in [0.3, 0.4) is 0 Å². The van der Waals surface area contributed by atoms with E-state index in [9.17, 15) is 22.8 Å². The monoisotopic (exact) mass is 351 g/mol. The predicted molar refractivity (Wildman–Crippen MR) is 83.9 cm³/mol. The second kappa shape index (κ2) is 6.92. The van der Waals surface area contributed by atoms with E-state index in [0.29, 0.717) is 0 Å². The van der Waals surface area contributed by atoms with E-state index in [4.69, 9.17) is 0 Å². The third-order valence-electron chi connectivity index (χ3n) is 3.27. The molecule has 0 saturated carbocycles. The SMILES string of the molecule is CC(C)(C)N(NC(=O)c1c(F)cccc1F)C(=O)c1cccnc1F. The average Bonchev–Trinajstić information content (AvgIpc) is 2.51. The van der Waals surface area contributed by atoms with Gasteiger partial charge in [-0.15, -0.1) is 0 Å². The fourth-order valence-electron chi connectivity index (χ4n) is 2.06. The van der Waals surface area contributed by atoms with Gasteiger partial charge in [0.2, 0.25) is 5.95 Å². The molecule has 1 N–H and O–H groups in total. The lowest BCUT2D eigenvalue weighted by atomic mass is 10.1. The molecule has 2 rings (SSSR count). The molecule has 0 saturated heterocycles. The number of pyridine rings is 1. The number of benzene rings is 1. The molecule has 0 bridgehead atoms. The highest BCUT2D eigenvalue weighted by Crippen LogP contribution is 2.18. The molecule has 0 aliphatic heterocycles. The van der Waals surface area contributed by atoms with Crippen molar-refractivity contribution in [3.8, 4) is 0 Å². The van der Waals surface area contributed by atoms with Gasteiger partial charge in [-0.2, -0.15) is 4.39 Å². The number of carbonyl (C=O) groups is 2. The molecule has 0 unspecified atom stereocenters. The first-order chi connectivity index (χ1) is 11.6. The molecule has 1 aromatic carbocycles. The van der Waals surface area contributed by atoms with Gasteiger partial charge >= 0.3 is 0 Å². The lowest BCUT2D eigenvalue weighted by molar-refractivity contribution is 0.0350. The number of hydrazine groups is 1. The van der Waals surface area contributed by atoms with Crippen LogP contribution in [0.15, 0.2) is 36.5 Å². The van der Waals surface area contributed by atoms with Crippen molar-refractivity contribution in [3.63, 3.8) is 0 Å². The van der Waals surface area contributed by atoms with Crippen LogP contribution in [0.2, 0.25) is 0 Å². The Labute approximate surface area is 142 Å². The number of nitrogens with zero attached hydrogens (tertiary/aromatic N) is 2. The largest absolute Gasteiger partial charge is 0.277 e. The Balaban J connectivity index is 2.38. The van der Waals surface area contributed by atoms with Crippen LogP contribution in [0.4, 0.5) is 13.2 Å². The lowest BCUT2D eigenvalue weighted by Gasteiger charge is -2.35. The summed E-state index contributed by atoms with van der Waals surface area (Å²) >= 11 is 0. The van der Waals surface area contributed by atoms with Crippen molar-refractivity contribution < 1.29 is 22.8 Å².